The van der Waals surface area contributed by atoms with Gasteiger partial charge in [0.2, 0.25) is 0 Å². The number of rotatable bonds is 4. The third-order valence-electron chi connectivity index (χ3n) is 5.76. The fourth-order valence-electron chi connectivity index (χ4n) is 4.04. The van der Waals surface area contributed by atoms with E-state index < -0.39 is 0 Å². The first kappa shape index (κ1) is 16.9. The normalized spacial score (nSPS) is 24.0. The van der Waals surface area contributed by atoms with E-state index in [1.807, 2.05) is 0 Å². The van der Waals surface area contributed by atoms with Crippen LogP contribution < -0.4 is 0 Å². The molecule has 0 amide bonds. The molecule has 2 aliphatic heterocycles. The molecule has 0 aliphatic carbocycles. The maximum absolute atomic E-state index is 4.65. The highest BCUT2D eigenvalue weighted by molar-refractivity contribution is 5.09. The minimum atomic E-state index is 0.739. The number of nitrogens with zero attached hydrogens (tertiary/aromatic N) is 4. The molecule has 0 unspecified atom stereocenters. The summed E-state index contributed by atoms with van der Waals surface area (Å²) in [7, 11) is 2.24. The van der Waals surface area contributed by atoms with Crippen LogP contribution in [-0.2, 0) is 6.54 Å². The van der Waals surface area contributed by atoms with E-state index in [2.05, 4.69) is 58.8 Å². The predicted octanol–water partition coefficient (Wildman–Crippen LogP) is 2.24. The van der Waals surface area contributed by atoms with Crippen LogP contribution in [0.1, 0.15) is 31.2 Å². The molecule has 128 valence electrons. The SMILES string of the molecule is Cc1cccc(CN2CCC([C@H](C)N3CCN(C)CC3)CC2)n1. The lowest BCUT2D eigenvalue weighted by Gasteiger charge is -2.42. The van der Waals surface area contributed by atoms with Crippen LogP contribution >= 0.6 is 0 Å². The van der Waals surface area contributed by atoms with E-state index in [4.69, 9.17) is 0 Å². The van der Waals surface area contributed by atoms with Crippen LogP contribution in [0.2, 0.25) is 0 Å². The zero-order valence-electron chi connectivity index (χ0n) is 15.0. The minimum Gasteiger partial charge on any atom is -0.304 e. The number of aryl methyl sites for hydroxylation is 1. The van der Waals surface area contributed by atoms with Crippen LogP contribution in [-0.4, -0.2) is 72.0 Å². The summed E-state index contributed by atoms with van der Waals surface area (Å²) in [4.78, 5) is 12.4. The molecule has 1 atom stereocenters. The molecule has 4 nitrogen and oxygen atoms in total. The van der Waals surface area contributed by atoms with Crippen molar-refractivity contribution in [2.75, 3.05) is 46.3 Å². The lowest BCUT2D eigenvalue weighted by molar-refractivity contribution is 0.0596. The molecule has 1 aromatic heterocycles. The molecule has 0 N–H and O–H groups in total. The Bertz CT molecular complexity index is 488. The second-order valence-corrected chi connectivity index (χ2v) is 7.46. The van der Waals surface area contributed by atoms with Crippen LogP contribution in [0.5, 0.6) is 0 Å². The molecule has 4 heteroatoms. The van der Waals surface area contributed by atoms with Crippen molar-refractivity contribution < 1.29 is 0 Å². The molecule has 1 aromatic rings. The summed E-state index contributed by atoms with van der Waals surface area (Å²) in [6.07, 6.45) is 2.67. The second-order valence-electron chi connectivity index (χ2n) is 7.46. The Morgan fingerprint density at radius 2 is 1.78 bits per heavy atom. The van der Waals surface area contributed by atoms with Crippen molar-refractivity contribution in [3.63, 3.8) is 0 Å². The van der Waals surface area contributed by atoms with Crippen LogP contribution in [0, 0.1) is 12.8 Å². The monoisotopic (exact) mass is 316 g/mol. The van der Waals surface area contributed by atoms with E-state index in [0.717, 1.165) is 24.2 Å². The molecule has 2 saturated heterocycles. The van der Waals surface area contributed by atoms with Crippen molar-refractivity contribution in [3.05, 3.63) is 29.6 Å². The largest absolute Gasteiger partial charge is 0.304 e. The topological polar surface area (TPSA) is 22.6 Å². The molecule has 0 saturated carbocycles. The summed E-state index contributed by atoms with van der Waals surface area (Å²) >= 11 is 0. The van der Waals surface area contributed by atoms with Crippen molar-refractivity contribution >= 4 is 0 Å². The molecular weight excluding hydrogens is 284 g/mol. The van der Waals surface area contributed by atoms with Crippen LogP contribution in [0.15, 0.2) is 18.2 Å². The summed E-state index contributed by atoms with van der Waals surface area (Å²) in [5.41, 5.74) is 2.34. The van der Waals surface area contributed by atoms with Gasteiger partial charge in [-0.2, -0.15) is 0 Å². The molecule has 3 heterocycles. The molecular formula is C19H32N4. The number of aromatic nitrogens is 1. The number of hydrogen-bond donors (Lipinski definition) is 0. The first-order valence-electron chi connectivity index (χ1n) is 9.19. The van der Waals surface area contributed by atoms with Crippen LogP contribution in [0.4, 0.5) is 0 Å². The molecule has 2 fully saturated rings. The zero-order chi connectivity index (χ0) is 16.2. The maximum Gasteiger partial charge on any atom is 0.0547 e. The average molecular weight is 316 g/mol. The highest BCUT2D eigenvalue weighted by Crippen LogP contribution is 2.25. The zero-order valence-corrected chi connectivity index (χ0v) is 15.0. The summed E-state index contributed by atoms with van der Waals surface area (Å²) in [6, 6.07) is 7.10. The number of hydrogen-bond acceptors (Lipinski definition) is 4. The third-order valence-corrected chi connectivity index (χ3v) is 5.76. The molecule has 0 bridgehead atoms. The van der Waals surface area contributed by atoms with Gasteiger partial charge in [-0.25, -0.2) is 0 Å². The molecule has 2 aliphatic rings. The van der Waals surface area contributed by atoms with E-state index in [1.54, 1.807) is 0 Å². The van der Waals surface area contributed by atoms with Gasteiger partial charge in [0.1, 0.15) is 0 Å². The first-order chi connectivity index (χ1) is 11.1. The maximum atomic E-state index is 4.65. The molecule has 0 spiro atoms. The predicted molar refractivity (Wildman–Crippen MR) is 95.5 cm³/mol. The van der Waals surface area contributed by atoms with Crippen LogP contribution in [0.25, 0.3) is 0 Å². The Balaban J connectivity index is 1.46. The van der Waals surface area contributed by atoms with Crippen molar-refractivity contribution in [1.82, 2.24) is 19.7 Å². The van der Waals surface area contributed by atoms with Gasteiger partial charge in [0.15, 0.2) is 0 Å². The van der Waals surface area contributed by atoms with Crippen molar-refractivity contribution in [3.8, 4) is 0 Å². The summed E-state index contributed by atoms with van der Waals surface area (Å²) in [5.74, 6) is 0.861. The molecule has 23 heavy (non-hydrogen) atoms. The van der Waals surface area contributed by atoms with Gasteiger partial charge in [-0.15, -0.1) is 0 Å². The van der Waals surface area contributed by atoms with Gasteiger partial charge in [0.25, 0.3) is 0 Å². The number of pyridine rings is 1. The Morgan fingerprint density at radius 1 is 1.09 bits per heavy atom. The van der Waals surface area contributed by atoms with Gasteiger partial charge in [0, 0.05) is 44.5 Å². The first-order valence-corrected chi connectivity index (χ1v) is 9.19. The Kier molecular flexibility index (Phi) is 5.67. The standard InChI is InChI=1S/C19H32N4/c1-16-5-4-6-19(20-16)15-22-9-7-18(8-10-22)17(2)23-13-11-21(3)12-14-23/h4-6,17-18H,7-15H2,1-3H3/t17-/m0/s1. The quantitative estimate of drug-likeness (QED) is 0.849. The lowest BCUT2D eigenvalue weighted by atomic mass is 9.89. The number of piperidine rings is 1. The van der Waals surface area contributed by atoms with Gasteiger partial charge in [-0.05, 0) is 64.9 Å². The van der Waals surface area contributed by atoms with Gasteiger partial charge >= 0.3 is 0 Å². The summed E-state index contributed by atoms with van der Waals surface area (Å²) in [6.45, 7) is 12.9. The Morgan fingerprint density at radius 3 is 2.43 bits per heavy atom. The van der Waals surface area contributed by atoms with Gasteiger partial charge in [-0.3, -0.25) is 14.8 Å². The highest BCUT2D eigenvalue weighted by atomic mass is 15.3. The van der Waals surface area contributed by atoms with E-state index in [1.165, 1.54) is 57.8 Å². The van der Waals surface area contributed by atoms with E-state index in [9.17, 15) is 0 Å². The van der Waals surface area contributed by atoms with Gasteiger partial charge in [-0.1, -0.05) is 6.07 Å². The fourth-order valence-corrected chi connectivity index (χ4v) is 4.04. The molecule has 3 rings (SSSR count). The smallest absolute Gasteiger partial charge is 0.0547 e. The van der Waals surface area contributed by atoms with E-state index >= 15 is 0 Å². The van der Waals surface area contributed by atoms with Gasteiger partial charge in [0.05, 0.1) is 5.69 Å². The third kappa shape index (κ3) is 4.52. The summed E-state index contributed by atoms with van der Waals surface area (Å²) < 4.78 is 0. The van der Waals surface area contributed by atoms with Gasteiger partial charge < -0.3 is 4.90 Å². The number of likely N-dealkylation sites (N-methyl/N-ethyl adjacent to an activating group) is 1. The Labute approximate surface area is 141 Å². The van der Waals surface area contributed by atoms with Crippen LogP contribution in [0.3, 0.4) is 0 Å². The van der Waals surface area contributed by atoms with Crippen molar-refractivity contribution in [1.29, 1.82) is 0 Å². The fraction of sp³-hybridized carbons (Fsp3) is 0.737. The van der Waals surface area contributed by atoms with E-state index in [-0.39, 0.29) is 0 Å². The summed E-state index contributed by atoms with van der Waals surface area (Å²) in [5, 5.41) is 0. The average Bonchev–Trinajstić information content (AvgIpc) is 2.56. The van der Waals surface area contributed by atoms with Crippen molar-refractivity contribution in [2.24, 2.45) is 5.92 Å². The molecule has 0 aromatic carbocycles. The van der Waals surface area contributed by atoms with Crippen molar-refractivity contribution in [2.45, 2.75) is 39.3 Å². The lowest BCUT2D eigenvalue weighted by Crippen LogP contribution is -2.51. The second kappa shape index (κ2) is 7.73. The molecule has 0 radical (unpaired) electrons. The number of piperazine rings is 1. The highest BCUT2D eigenvalue weighted by Gasteiger charge is 2.29. The minimum absolute atomic E-state index is 0.739. The van der Waals surface area contributed by atoms with E-state index in [0.29, 0.717) is 0 Å². The number of likely N-dealkylation sites (tertiary alicyclic amines) is 1. The Hall–Kier alpha value is -0.970.